The number of carbonyl (C=O) groups excluding carboxylic acids is 1. The van der Waals surface area contributed by atoms with E-state index in [2.05, 4.69) is 5.10 Å². The van der Waals surface area contributed by atoms with Crippen LogP contribution in [0.25, 0.3) is 11.3 Å². The van der Waals surface area contributed by atoms with Crippen molar-refractivity contribution in [3.63, 3.8) is 0 Å². The summed E-state index contributed by atoms with van der Waals surface area (Å²) in [5.74, 6) is 0.164. The molecule has 2 fully saturated rings. The molecule has 33 heavy (non-hydrogen) atoms. The number of aryl methyl sites for hydroxylation is 2. The molecule has 9 nitrogen and oxygen atoms in total. The molecule has 4 rings (SSSR count). The predicted molar refractivity (Wildman–Crippen MR) is 121 cm³/mol. The molecule has 0 radical (unpaired) electrons. The maximum atomic E-state index is 12.3. The van der Waals surface area contributed by atoms with E-state index in [1.807, 2.05) is 26.1 Å². The van der Waals surface area contributed by atoms with E-state index in [9.17, 15) is 14.7 Å². The van der Waals surface area contributed by atoms with Crippen molar-refractivity contribution in [2.75, 3.05) is 13.6 Å². The molecule has 0 aliphatic heterocycles. The Morgan fingerprint density at radius 3 is 2.73 bits per heavy atom. The van der Waals surface area contributed by atoms with Crippen LogP contribution < -0.4 is 4.74 Å². The summed E-state index contributed by atoms with van der Waals surface area (Å²) in [6, 6.07) is 3.73. The number of carboxylic acids is 1. The summed E-state index contributed by atoms with van der Waals surface area (Å²) in [6.07, 6.45) is 6.53. The van der Waals surface area contributed by atoms with Crippen LogP contribution in [0.15, 0.2) is 18.3 Å². The van der Waals surface area contributed by atoms with Gasteiger partial charge in [0.1, 0.15) is 12.4 Å². The van der Waals surface area contributed by atoms with Crippen molar-refractivity contribution in [2.45, 2.75) is 58.2 Å². The van der Waals surface area contributed by atoms with Crippen LogP contribution in [0.2, 0.25) is 0 Å². The van der Waals surface area contributed by atoms with Gasteiger partial charge in [-0.25, -0.2) is 9.78 Å². The lowest BCUT2D eigenvalue weighted by molar-refractivity contribution is -0.143. The molecule has 0 aromatic carbocycles. The molecule has 0 spiro atoms. The quantitative estimate of drug-likeness (QED) is 0.644. The number of nitrogens with zero attached hydrogens (tertiary/aromatic N) is 4. The van der Waals surface area contributed by atoms with Crippen LogP contribution in [0, 0.1) is 18.8 Å². The maximum absolute atomic E-state index is 12.3. The van der Waals surface area contributed by atoms with Crippen LogP contribution in [0.5, 0.6) is 5.75 Å². The van der Waals surface area contributed by atoms with Gasteiger partial charge in [0, 0.05) is 26.2 Å². The van der Waals surface area contributed by atoms with Gasteiger partial charge in [-0.3, -0.25) is 9.48 Å². The van der Waals surface area contributed by atoms with E-state index in [0.29, 0.717) is 24.5 Å². The van der Waals surface area contributed by atoms with E-state index in [4.69, 9.17) is 14.5 Å². The molecule has 1 unspecified atom stereocenters. The number of amides is 1. The van der Waals surface area contributed by atoms with E-state index >= 15 is 0 Å². The normalized spacial score (nSPS) is 20.3. The molecule has 2 atom stereocenters. The first-order chi connectivity index (χ1) is 15.8. The number of hydrogen-bond acceptors (Lipinski definition) is 6. The number of aliphatic carboxylic acids is 1. The molecule has 2 saturated carbocycles. The minimum atomic E-state index is -0.753. The summed E-state index contributed by atoms with van der Waals surface area (Å²) in [5, 5.41) is 13.6. The van der Waals surface area contributed by atoms with Crippen LogP contribution >= 0.6 is 0 Å². The lowest BCUT2D eigenvalue weighted by atomic mass is 9.87. The van der Waals surface area contributed by atoms with Gasteiger partial charge >= 0.3 is 12.1 Å². The van der Waals surface area contributed by atoms with Crippen LogP contribution in [0.1, 0.15) is 49.9 Å². The number of rotatable bonds is 8. The van der Waals surface area contributed by atoms with Gasteiger partial charge < -0.3 is 19.5 Å². The third-order valence-electron chi connectivity index (χ3n) is 6.52. The monoisotopic (exact) mass is 456 g/mol. The van der Waals surface area contributed by atoms with Gasteiger partial charge in [-0.2, -0.15) is 5.10 Å². The highest BCUT2D eigenvalue weighted by Gasteiger charge is 2.29. The fourth-order valence-corrected chi connectivity index (χ4v) is 4.33. The number of carbonyl (C=O) groups is 2. The third-order valence-corrected chi connectivity index (χ3v) is 6.52. The summed E-state index contributed by atoms with van der Waals surface area (Å²) in [5.41, 5.74) is 3.01. The average molecular weight is 457 g/mol. The first kappa shape index (κ1) is 23.1. The van der Waals surface area contributed by atoms with Gasteiger partial charge in [-0.05, 0) is 63.5 Å². The Hall–Kier alpha value is -3.10. The number of carboxylic acid groups (broad SMARTS) is 1. The minimum absolute atomic E-state index is 0.108. The molecule has 2 aliphatic carbocycles. The molecular weight excluding hydrogens is 424 g/mol. The van der Waals surface area contributed by atoms with Crippen molar-refractivity contribution in [3.05, 3.63) is 29.7 Å². The highest BCUT2D eigenvalue weighted by atomic mass is 16.6. The van der Waals surface area contributed by atoms with Gasteiger partial charge in [-0.1, -0.05) is 0 Å². The Bertz CT molecular complexity index is 1020. The number of pyridine rings is 1. The summed E-state index contributed by atoms with van der Waals surface area (Å²) in [7, 11) is 3.58. The first-order valence-corrected chi connectivity index (χ1v) is 11.6. The molecule has 178 valence electrons. The number of hydrogen-bond donors (Lipinski definition) is 1. The average Bonchev–Trinajstić information content (AvgIpc) is 3.53. The van der Waals surface area contributed by atoms with E-state index in [1.165, 1.54) is 12.8 Å². The fourth-order valence-electron chi connectivity index (χ4n) is 4.33. The van der Waals surface area contributed by atoms with Crippen molar-refractivity contribution in [1.82, 2.24) is 19.7 Å². The Morgan fingerprint density at radius 1 is 1.24 bits per heavy atom. The lowest BCUT2D eigenvalue weighted by Crippen LogP contribution is -2.29. The zero-order valence-electron chi connectivity index (χ0n) is 19.5. The molecule has 0 bridgehead atoms. The third kappa shape index (κ3) is 5.64. The molecular formula is C24H32N4O5. The summed E-state index contributed by atoms with van der Waals surface area (Å²) in [4.78, 5) is 30.0. The molecule has 2 aliphatic rings. The second-order valence-electron chi connectivity index (χ2n) is 9.23. The van der Waals surface area contributed by atoms with Crippen LogP contribution in [0.3, 0.4) is 0 Å². The highest BCUT2D eigenvalue weighted by Crippen LogP contribution is 2.31. The Kier molecular flexibility index (Phi) is 6.85. The topological polar surface area (TPSA) is 107 Å². The van der Waals surface area contributed by atoms with Crippen LogP contribution in [-0.2, 0) is 23.2 Å². The largest absolute Gasteiger partial charge is 0.489 e. The van der Waals surface area contributed by atoms with E-state index in [0.717, 1.165) is 42.0 Å². The molecule has 2 aromatic rings. The molecule has 2 heterocycles. The van der Waals surface area contributed by atoms with Gasteiger partial charge in [0.2, 0.25) is 0 Å². The second-order valence-corrected chi connectivity index (χ2v) is 9.23. The molecule has 1 amide bonds. The standard InChI is InChI=1S/C24H32N4O5/c1-15-22(33-18-6-4-5-17(11-18)23(29)30)10-9-20(26-15)19-12-25-28(3)21(19)14-32-24(31)27(2)13-16-7-8-16/h9-10,12,16-18H,4-8,11,13-14H2,1-3H3,(H,29,30)/t17?,18-/m0/s1. The van der Waals surface area contributed by atoms with Crippen molar-refractivity contribution in [2.24, 2.45) is 18.9 Å². The summed E-state index contributed by atoms with van der Waals surface area (Å²) < 4.78 is 13.3. The van der Waals surface area contributed by atoms with Gasteiger partial charge in [-0.15, -0.1) is 0 Å². The van der Waals surface area contributed by atoms with Crippen molar-refractivity contribution >= 4 is 12.1 Å². The van der Waals surface area contributed by atoms with E-state index in [1.54, 1.807) is 22.8 Å². The van der Waals surface area contributed by atoms with Gasteiger partial charge in [0.25, 0.3) is 0 Å². The first-order valence-electron chi connectivity index (χ1n) is 11.6. The van der Waals surface area contributed by atoms with Crippen molar-refractivity contribution in [3.8, 4) is 17.0 Å². The van der Waals surface area contributed by atoms with Gasteiger partial charge in [0.15, 0.2) is 0 Å². The Balaban J connectivity index is 1.42. The summed E-state index contributed by atoms with van der Waals surface area (Å²) >= 11 is 0. The van der Waals surface area contributed by atoms with Crippen molar-refractivity contribution in [1.29, 1.82) is 0 Å². The Morgan fingerprint density at radius 2 is 2.03 bits per heavy atom. The summed E-state index contributed by atoms with van der Waals surface area (Å²) in [6.45, 7) is 2.71. The smallest absolute Gasteiger partial charge is 0.409 e. The zero-order chi connectivity index (χ0) is 23.5. The molecule has 9 heteroatoms. The second kappa shape index (κ2) is 9.80. The lowest BCUT2D eigenvalue weighted by Gasteiger charge is -2.27. The molecule has 0 saturated heterocycles. The van der Waals surface area contributed by atoms with E-state index < -0.39 is 5.97 Å². The maximum Gasteiger partial charge on any atom is 0.409 e. The number of aromatic nitrogens is 3. The minimum Gasteiger partial charge on any atom is -0.489 e. The zero-order valence-corrected chi connectivity index (χ0v) is 19.5. The van der Waals surface area contributed by atoms with E-state index in [-0.39, 0.29) is 24.7 Å². The predicted octanol–water partition coefficient (Wildman–Crippen LogP) is 3.79. The van der Waals surface area contributed by atoms with Crippen LogP contribution in [0.4, 0.5) is 4.79 Å². The van der Waals surface area contributed by atoms with Crippen molar-refractivity contribution < 1.29 is 24.2 Å². The molecule has 1 N–H and O–H groups in total. The SMILES string of the molecule is Cc1nc(-c2cnn(C)c2COC(=O)N(C)CC2CC2)ccc1O[C@H]1CCCC(C(=O)O)C1. The Labute approximate surface area is 193 Å². The number of ether oxygens (including phenoxy) is 2. The highest BCUT2D eigenvalue weighted by molar-refractivity contribution is 5.70. The molecule has 2 aromatic heterocycles. The van der Waals surface area contributed by atoms with Crippen LogP contribution in [-0.4, -0.2) is 56.5 Å². The fraction of sp³-hybridized carbons (Fsp3) is 0.583. The van der Waals surface area contributed by atoms with Gasteiger partial charge in [0.05, 0.1) is 35.3 Å².